The molecule has 0 aliphatic carbocycles. The van der Waals surface area contributed by atoms with Crippen LogP contribution in [0.2, 0.25) is 0 Å². The Labute approximate surface area is 766 Å². The van der Waals surface area contributed by atoms with Crippen LogP contribution in [0, 0.1) is 0 Å². The van der Waals surface area contributed by atoms with Crippen molar-refractivity contribution in [3.8, 4) is 11.1 Å². The molecule has 3 aromatic carbocycles. The number of imide groups is 1. The third-order valence-corrected chi connectivity index (χ3v) is 23.3. The maximum atomic E-state index is 14.3. The average molecular weight is 1840 g/mol. The van der Waals surface area contributed by atoms with Gasteiger partial charge in [-0.25, -0.2) is 29.1 Å². The van der Waals surface area contributed by atoms with E-state index in [0.29, 0.717) is 45.9 Å². The Morgan fingerprint density at radius 1 is 0.519 bits per heavy atom. The predicted molar refractivity (Wildman–Crippen MR) is 510 cm³/mol. The molecule has 10 heterocycles. The number of carbonyl (C=O) groups is 10. The van der Waals surface area contributed by atoms with Crippen molar-refractivity contribution in [1.29, 1.82) is 0 Å². The van der Waals surface area contributed by atoms with Crippen molar-refractivity contribution >= 4 is 173 Å². The minimum absolute atomic E-state index is 0.0309. The van der Waals surface area contributed by atoms with Crippen molar-refractivity contribution < 1.29 is 83.6 Å². The summed E-state index contributed by atoms with van der Waals surface area (Å²) in [5.74, 6) is -7.42. The first-order valence-corrected chi connectivity index (χ1v) is 43.2. The Hall–Kier alpha value is -15.9. The van der Waals surface area contributed by atoms with Crippen LogP contribution < -0.4 is 57.7 Å². The number of anilines is 9. The van der Waals surface area contributed by atoms with Gasteiger partial charge < -0.3 is 120 Å². The number of carboxylic acid groups (broad SMARTS) is 1. The molecule has 133 heavy (non-hydrogen) atoms. The number of imidazole rings is 1. The fourth-order valence-electron chi connectivity index (χ4n) is 15.1. The van der Waals surface area contributed by atoms with Crippen molar-refractivity contribution in [1.82, 2.24) is 51.7 Å². The highest BCUT2D eigenvalue weighted by atomic mass is 32.2. The number of carboxylic acids is 1. The van der Waals surface area contributed by atoms with Gasteiger partial charge in [0, 0.05) is 196 Å². The fraction of sp³-hybridized carbons (Fsp3) is 0.297. The SMILES string of the molecule is CN(C)CCCN=C(O)CCN=C(O)c1cc(NC(=O)c2cc(NC(=O)c3cc(NC(=O)c4cc(N=C(O)CCNC(=O)c5cc(NC(=O)c6cc(NC(=O)c7cc(NC(=O)c8nccn8C)cn7CCCN=C(O)[C@@H]([NH3+])CSC7CC(=O)N(c8ccc(-c9c%10ccc(N(C)C)cc%10[o+]c%10cc(N(C)C)ccc9%10)cc8C(=O)O)C7=O)cn6C)cn5C)cn4C)cn3C)cn2C)cn1C. The summed E-state index contributed by atoms with van der Waals surface area (Å²) in [7, 11) is 22.9. The number of fused-ring (bicyclic) bond motifs is 2. The number of aromatic carboxylic acids is 1. The molecule has 0 spiro atoms. The number of aryl methyl sites for hydroxylation is 8. The van der Waals surface area contributed by atoms with Crippen LogP contribution in [0.3, 0.4) is 0 Å². The summed E-state index contributed by atoms with van der Waals surface area (Å²) in [6, 6.07) is 25.6. The van der Waals surface area contributed by atoms with Gasteiger partial charge in [0.1, 0.15) is 39.9 Å². The lowest BCUT2D eigenvalue weighted by atomic mass is 9.94. The molecule has 2 atom stereocenters. The van der Waals surface area contributed by atoms with Gasteiger partial charge in [-0.05, 0) is 118 Å². The van der Waals surface area contributed by atoms with Crippen LogP contribution in [0.25, 0.3) is 33.1 Å². The molecule has 0 bridgehead atoms. The number of aliphatic hydroxyl groups excluding tert-OH is 4. The lowest BCUT2D eigenvalue weighted by Gasteiger charge is -2.19. The van der Waals surface area contributed by atoms with Gasteiger partial charge in [-0.3, -0.25) is 53.1 Å². The zero-order chi connectivity index (χ0) is 95.7. The summed E-state index contributed by atoms with van der Waals surface area (Å²) in [6.07, 6.45) is 14.7. The number of rotatable bonds is 38. The van der Waals surface area contributed by atoms with E-state index in [-0.39, 0.29) is 161 Å². The molecule has 1 aliphatic rings. The van der Waals surface area contributed by atoms with E-state index in [1.807, 2.05) is 93.4 Å². The first-order valence-electron chi connectivity index (χ1n) is 42.1. The van der Waals surface area contributed by atoms with Gasteiger partial charge in [-0.2, -0.15) is 0 Å². The van der Waals surface area contributed by atoms with Crippen molar-refractivity contribution in [2.75, 3.05) is 127 Å². The normalized spacial score (nSPS) is 13.5. The molecule has 9 amide bonds. The number of amides is 9. The van der Waals surface area contributed by atoms with E-state index in [1.165, 1.54) is 101 Å². The summed E-state index contributed by atoms with van der Waals surface area (Å²) in [5.41, 5.74) is 10.9. The van der Waals surface area contributed by atoms with Crippen molar-refractivity contribution in [2.45, 2.75) is 49.9 Å². The lowest BCUT2D eigenvalue weighted by Crippen LogP contribution is -2.66. The molecule has 1 saturated heterocycles. The maximum absolute atomic E-state index is 14.3. The minimum atomic E-state index is -1.35. The van der Waals surface area contributed by atoms with Crippen LogP contribution in [-0.4, -0.2) is 247 Å². The summed E-state index contributed by atoms with van der Waals surface area (Å²) in [5, 5.41) is 73.7. The van der Waals surface area contributed by atoms with Gasteiger partial charge in [0.05, 0.1) is 91.5 Å². The van der Waals surface area contributed by atoms with Gasteiger partial charge in [0.25, 0.3) is 41.4 Å². The molecule has 13 rings (SSSR count). The highest BCUT2D eigenvalue weighted by Crippen LogP contribution is 2.42. The number of aromatic nitrogens is 9. The van der Waals surface area contributed by atoms with Gasteiger partial charge >= 0.3 is 17.1 Å². The number of aliphatic imine (C=N–C) groups is 4. The second-order valence-electron chi connectivity index (χ2n) is 32.7. The number of hydrogen-bond donors (Lipinski definition) is 13. The molecule has 9 aromatic heterocycles. The van der Waals surface area contributed by atoms with Crippen molar-refractivity contribution in [3.63, 3.8) is 0 Å². The first kappa shape index (κ1) is 94.8. The summed E-state index contributed by atoms with van der Waals surface area (Å²) >= 11 is 1.08. The molecule has 42 heteroatoms. The van der Waals surface area contributed by atoms with Crippen LogP contribution in [0.1, 0.15) is 122 Å². The summed E-state index contributed by atoms with van der Waals surface area (Å²) in [6.45, 7) is 1.48. The molecule has 1 aliphatic heterocycles. The zero-order valence-corrected chi connectivity index (χ0v) is 76.3. The van der Waals surface area contributed by atoms with Crippen LogP contribution >= 0.6 is 11.8 Å². The number of aliphatic hydroxyl groups is 4. The number of nitrogens with zero attached hydrogens (tertiary/aromatic N) is 17. The van der Waals surface area contributed by atoms with Crippen LogP contribution in [0.15, 0.2) is 177 Å². The fourth-order valence-corrected chi connectivity index (χ4v) is 16.2. The monoisotopic (exact) mass is 1840 g/mol. The average Bonchev–Trinajstić information content (AvgIpc) is 1.64. The Kier molecular flexibility index (Phi) is 29.1. The number of nitrogens with one attached hydrogen (secondary N) is 7. The number of thioether (sulfide) groups is 1. The maximum Gasteiger partial charge on any atom is 0.363 e. The minimum Gasteiger partial charge on any atom is -0.497 e. The lowest BCUT2D eigenvalue weighted by molar-refractivity contribution is -0.390. The highest BCUT2D eigenvalue weighted by Gasteiger charge is 2.42. The Morgan fingerprint density at radius 2 is 1.00 bits per heavy atom. The Morgan fingerprint density at radius 3 is 1.52 bits per heavy atom. The van der Waals surface area contributed by atoms with E-state index in [2.05, 4.69) is 67.9 Å². The van der Waals surface area contributed by atoms with Crippen LogP contribution in [0.4, 0.5) is 56.9 Å². The van der Waals surface area contributed by atoms with E-state index in [9.17, 15) is 73.5 Å². The Bertz CT molecular complexity index is 6610. The van der Waals surface area contributed by atoms with E-state index >= 15 is 0 Å². The smallest absolute Gasteiger partial charge is 0.363 e. The largest absolute Gasteiger partial charge is 0.497 e. The standard InChI is InChI=1S/C91H103N25O16S/c1-105(2)29-14-24-93-76(117)22-26-96-82(121)66-34-53(44-109(66)8)99-85(124)69-37-56(47-112(69)11)102-87(126)70-36-55(46-113(70)12)101-84(123)68-33-52(43-111(68)10)98-77(118)23-27-97-83(122)67-35-54(45-110(67)9)100-86(125)71-38-57(48-114(71)13)103-88(127)72-39-58(104-89(128)80-94-28-31-108(80)7)49-115(72)30-15-25-95-81(120)64(92)50-133-75-42-78(119)116(90(75)129)65-21-16-51(32-63(65)91(130)131)79-61-19-17-59(106(3)4)40-73(61)132-74-41-60(107(5)6)18-20-62(74)79/h16-21,28,31-41,43-49,64,75H,14-15,22-27,29-30,42,50,92H2,1-13H3,(H11-,93,95,96,97,98,99,100,101,102,103,104,117,118,120,121,122,123,124,125,126,127,128,130,131)/p+2/t64-,75?/m0/s1. The van der Waals surface area contributed by atoms with Gasteiger partial charge in [0.2, 0.25) is 23.6 Å². The second-order valence-corrected chi connectivity index (χ2v) is 33.9. The van der Waals surface area contributed by atoms with Crippen LogP contribution in [0.5, 0.6) is 0 Å². The molecule has 0 saturated carbocycles. The number of benzene rings is 3. The molecule has 15 N–H and O–H groups in total. The number of carbonyl (C=O) groups excluding carboxylic acids is 9. The third kappa shape index (κ3) is 22.4. The van der Waals surface area contributed by atoms with E-state index < -0.39 is 70.4 Å². The number of hydrogen-bond acceptors (Lipinski definition) is 19. The highest BCUT2D eigenvalue weighted by molar-refractivity contribution is 8.00. The van der Waals surface area contributed by atoms with Gasteiger partial charge in [-0.15, -0.1) is 11.8 Å². The third-order valence-electron chi connectivity index (χ3n) is 21.9. The van der Waals surface area contributed by atoms with Crippen molar-refractivity contribution in [2.24, 2.45) is 69.3 Å². The van der Waals surface area contributed by atoms with Crippen LogP contribution in [-0.2, 0) is 65.5 Å². The molecular weight excluding hydrogens is 1730 g/mol. The van der Waals surface area contributed by atoms with E-state index in [0.717, 1.165) is 51.8 Å². The van der Waals surface area contributed by atoms with Gasteiger partial charge in [-0.1, -0.05) is 6.07 Å². The number of quaternary nitrogens is 1. The summed E-state index contributed by atoms with van der Waals surface area (Å²) in [4.78, 5) is 165. The molecule has 0 radical (unpaired) electrons. The quantitative estimate of drug-likeness (QED) is 0.00427. The molecular formula is C91H105N25O16S+2. The Balaban J connectivity index is 0.569. The molecule has 1 unspecified atom stereocenters. The molecule has 12 aromatic rings. The van der Waals surface area contributed by atoms with E-state index in [4.69, 9.17) is 4.42 Å². The summed E-state index contributed by atoms with van der Waals surface area (Å²) < 4.78 is 18.7. The first-order chi connectivity index (χ1) is 63.3. The van der Waals surface area contributed by atoms with Crippen molar-refractivity contribution in [3.05, 3.63) is 204 Å². The van der Waals surface area contributed by atoms with Gasteiger partial charge in [0.15, 0.2) is 23.7 Å². The molecule has 1 fully saturated rings. The van der Waals surface area contributed by atoms with E-state index in [1.54, 1.807) is 102 Å². The second kappa shape index (κ2) is 40.9. The zero-order valence-electron chi connectivity index (χ0n) is 75.5. The topological polar surface area (TPSA) is 510 Å². The molecule has 41 nitrogen and oxygen atoms in total. The molecule has 694 valence electrons. The predicted octanol–water partition coefficient (Wildman–Crippen LogP) is 9.48.